The third-order valence-corrected chi connectivity index (χ3v) is 9.10. The summed E-state index contributed by atoms with van der Waals surface area (Å²) in [5.74, 6) is 0.624. The molecule has 40 heavy (non-hydrogen) atoms. The maximum absolute atomic E-state index is 6.00. The Morgan fingerprint density at radius 3 is 1.40 bits per heavy atom. The smallest absolute Gasteiger partial charge is 0.0514 e. The first-order chi connectivity index (χ1) is 19.9. The number of hydrogen-bond acceptors (Lipinski definition) is 2. The molecular formula is C38H69NO. The second-order valence-electron chi connectivity index (χ2n) is 13.0. The van der Waals surface area contributed by atoms with Crippen LogP contribution in [0, 0.1) is 5.92 Å². The largest absolute Gasteiger partial charge is 0.384 e. The topological polar surface area (TPSA) is 21.3 Å². The first-order valence-electron chi connectivity index (χ1n) is 18.3. The molecule has 1 unspecified atom stereocenters. The Labute approximate surface area is 251 Å². The molecule has 0 saturated carbocycles. The molecule has 1 aromatic rings. The summed E-state index contributed by atoms with van der Waals surface area (Å²) in [7, 11) is 0. The van der Waals surface area contributed by atoms with Crippen LogP contribution in [0.4, 0.5) is 5.69 Å². The van der Waals surface area contributed by atoms with Crippen LogP contribution in [0.1, 0.15) is 179 Å². The fraction of sp³-hybridized carbons (Fsp3) is 0.842. The lowest BCUT2D eigenvalue weighted by atomic mass is 9.95. The van der Waals surface area contributed by atoms with E-state index in [0.29, 0.717) is 5.92 Å². The number of para-hydroxylation sites is 1. The van der Waals surface area contributed by atoms with Crippen molar-refractivity contribution in [3.63, 3.8) is 0 Å². The van der Waals surface area contributed by atoms with E-state index < -0.39 is 0 Å². The van der Waals surface area contributed by atoms with E-state index in [9.17, 15) is 0 Å². The molecule has 0 amide bonds. The van der Waals surface area contributed by atoms with E-state index in [0.717, 1.165) is 26.2 Å². The molecule has 1 heterocycles. The van der Waals surface area contributed by atoms with Crippen LogP contribution in [-0.2, 0) is 11.2 Å². The highest BCUT2D eigenvalue weighted by Crippen LogP contribution is 2.24. The third kappa shape index (κ3) is 20.0. The average molecular weight is 556 g/mol. The summed E-state index contributed by atoms with van der Waals surface area (Å²) in [6.07, 6.45) is 38.8. The van der Waals surface area contributed by atoms with E-state index in [-0.39, 0.29) is 0 Å². The van der Waals surface area contributed by atoms with Gasteiger partial charge in [-0.3, -0.25) is 0 Å². The highest BCUT2D eigenvalue weighted by atomic mass is 16.5. The van der Waals surface area contributed by atoms with Gasteiger partial charge in [0.2, 0.25) is 0 Å². The van der Waals surface area contributed by atoms with Gasteiger partial charge in [0.25, 0.3) is 0 Å². The second-order valence-corrected chi connectivity index (χ2v) is 13.0. The van der Waals surface area contributed by atoms with E-state index in [2.05, 4.69) is 36.5 Å². The molecule has 1 aromatic carbocycles. The van der Waals surface area contributed by atoms with E-state index in [1.54, 1.807) is 0 Å². The Hall–Kier alpha value is -1.02. The second kappa shape index (κ2) is 26.9. The van der Waals surface area contributed by atoms with Crippen molar-refractivity contribution in [1.29, 1.82) is 0 Å². The molecule has 1 aliphatic rings. The van der Waals surface area contributed by atoms with Crippen LogP contribution in [0.25, 0.3) is 0 Å². The zero-order chi connectivity index (χ0) is 28.2. The fourth-order valence-electron chi connectivity index (χ4n) is 6.40. The fourth-order valence-corrected chi connectivity index (χ4v) is 6.40. The van der Waals surface area contributed by atoms with Gasteiger partial charge in [0.15, 0.2) is 0 Å². The minimum Gasteiger partial charge on any atom is -0.384 e. The molecule has 0 saturated heterocycles. The van der Waals surface area contributed by atoms with Gasteiger partial charge in [-0.05, 0) is 24.5 Å². The molecule has 232 valence electrons. The summed E-state index contributed by atoms with van der Waals surface area (Å²) in [6, 6.07) is 8.70. The number of anilines is 1. The van der Waals surface area contributed by atoms with Gasteiger partial charge in [-0.25, -0.2) is 0 Å². The molecule has 0 aromatic heterocycles. The Balaban J connectivity index is 1.18. The van der Waals surface area contributed by atoms with Crippen LogP contribution in [-0.4, -0.2) is 19.8 Å². The van der Waals surface area contributed by atoms with Crippen molar-refractivity contribution in [2.24, 2.45) is 5.92 Å². The SMILES string of the molecule is CCCCCCCCCCCCCCCCCCCCCCCCCCCCOCC1CNc2ccccc2C1. The minimum absolute atomic E-state index is 0.624. The van der Waals surface area contributed by atoms with Crippen LogP contribution in [0.2, 0.25) is 0 Å². The molecule has 0 aliphatic carbocycles. The maximum Gasteiger partial charge on any atom is 0.0514 e. The van der Waals surface area contributed by atoms with Crippen molar-refractivity contribution < 1.29 is 4.74 Å². The van der Waals surface area contributed by atoms with Gasteiger partial charge in [-0.1, -0.05) is 186 Å². The lowest BCUT2D eigenvalue weighted by Gasteiger charge is -2.25. The first-order valence-corrected chi connectivity index (χ1v) is 18.3. The molecule has 0 fully saturated rings. The van der Waals surface area contributed by atoms with Crippen molar-refractivity contribution in [3.8, 4) is 0 Å². The number of ether oxygens (including phenoxy) is 1. The molecule has 2 nitrogen and oxygen atoms in total. The van der Waals surface area contributed by atoms with Crippen molar-refractivity contribution in [2.75, 3.05) is 25.1 Å². The van der Waals surface area contributed by atoms with Crippen LogP contribution >= 0.6 is 0 Å². The number of rotatable bonds is 29. The predicted octanol–water partition coefficient (Wildman–Crippen LogP) is 12.4. The molecule has 2 heteroatoms. The summed E-state index contributed by atoms with van der Waals surface area (Å²) in [5, 5.41) is 3.55. The number of hydrogen-bond donors (Lipinski definition) is 1. The monoisotopic (exact) mass is 556 g/mol. The summed E-state index contributed by atoms with van der Waals surface area (Å²) in [4.78, 5) is 0. The zero-order valence-electron chi connectivity index (χ0n) is 27.0. The lowest BCUT2D eigenvalue weighted by Crippen LogP contribution is -2.27. The van der Waals surface area contributed by atoms with Gasteiger partial charge in [-0.15, -0.1) is 0 Å². The van der Waals surface area contributed by atoms with E-state index >= 15 is 0 Å². The summed E-state index contributed by atoms with van der Waals surface area (Å²) >= 11 is 0. The Bertz CT molecular complexity index is 659. The average Bonchev–Trinajstić information content (AvgIpc) is 2.98. The van der Waals surface area contributed by atoms with Crippen LogP contribution in [0.15, 0.2) is 24.3 Å². The number of fused-ring (bicyclic) bond motifs is 1. The molecule has 1 aliphatic heterocycles. The standard InChI is InChI=1S/C38H69NO/c1-2-3-4-5-6-7-8-9-10-11-12-13-14-15-16-17-18-19-20-21-22-23-24-25-26-29-32-40-35-36-33-37-30-27-28-31-38(37)39-34-36/h27-28,30-31,36,39H,2-26,29,32-35H2,1H3. The van der Waals surface area contributed by atoms with Crippen LogP contribution < -0.4 is 5.32 Å². The third-order valence-electron chi connectivity index (χ3n) is 9.10. The van der Waals surface area contributed by atoms with Gasteiger partial charge in [0.05, 0.1) is 6.61 Å². The lowest BCUT2D eigenvalue weighted by molar-refractivity contribution is 0.0985. The normalized spacial score (nSPS) is 14.8. The molecule has 0 bridgehead atoms. The van der Waals surface area contributed by atoms with E-state index in [1.807, 2.05) is 0 Å². The highest BCUT2D eigenvalue weighted by Gasteiger charge is 2.17. The Morgan fingerprint density at radius 2 is 0.950 bits per heavy atom. The number of benzene rings is 1. The predicted molar refractivity (Wildman–Crippen MR) is 179 cm³/mol. The quantitative estimate of drug-likeness (QED) is 0.0992. The van der Waals surface area contributed by atoms with Crippen LogP contribution in [0.5, 0.6) is 0 Å². The summed E-state index contributed by atoms with van der Waals surface area (Å²) in [6.45, 7) is 5.20. The zero-order valence-corrected chi connectivity index (χ0v) is 27.0. The Morgan fingerprint density at radius 1 is 0.550 bits per heavy atom. The highest BCUT2D eigenvalue weighted by molar-refractivity contribution is 5.53. The number of unbranched alkanes of at least 4 members (excludes halogenated alkanes) is 25. The molecule has 1 atom stereocenters. The van der Waals surface area contributed by atoms with Gasteiger partial charge in [0.1, 0.15) is 0 Å². The van der Waals surface area contributed by atoms with Crippen molar-refractivity contribution in [3.05, 3.63) is 29.8 Å². The van der Waals surface area contributed by atoms with Crippen molar-refractivity contribution in [2.45, 2.75) is 180 Å². The molecule has 1 N–H and O–H groups in total. The van der Waals surface area contributed by atoms with E-state index in [4.69, 9.17) is 4.74 Å². The van der Waals surface area contributed by atoms with Gasteiger partial charge in [-0.2, -0.15) is 0 Å². The number of nitrogens with one attached hydrogen (secondary N) is 1. The Kier molecular flexibility index (Phi) is 23.6. The van der Waals surface area contributed by atoms with Gasteiger partial charge in [0, 0.05) is 24.8 Å². The molecular weight excluding hydrogens is 486 g/mol. The maximum atomic E-state index is 6.00. The molecule has 0 spiro atoms. The van der Waals surface area contributed by atoms with E-state index in [1.165, 1.54) is 178 Å². The molecule has 0 radical (unpaired) electrons. The van der Waals surface area contributed by atoms with Crippen molar-refractivity contribution in [1.82, 2.24) is 0 Å². The van der Waals surface area contributed by atoms with Crippen LogP contribution in [0.3, 0.4) is 0 Å². The minimum atomic E-state index is 0.624. The summed E-state index contributed by atoms with van der Waals surface area (Å²) in [5.41, 5.74) is 2.76. The van der Waals surface area contributed by atoms with Gasteiger partial charge >= 0.3 is 0 Å². The molecule has 2 rings (SSSR count). The van der Waals surface area contributed by atoms with Gasteiger partial charge < -0.3 is 10.1 Å². The first kappa shape index (κ1) is 35.2. The summed E-state index contributed by atoms with van der Waals surface area (Å²) < 4.78 is 6.00. The van der Waals surface area contributed by atoms with Crippen molar-refractivity contribution >= 4 is 5.69 Å².